The van der Waals surface area contributed by atoms with Crippen molar-refractivity contribution >= 4 is 34.5 Å². The zero-order valence-electron chi connectivity index (χ0n) is 26.6. The Balaban J connectivity index is 0.000000297. The number of piperidine rings is 1. The van der Waals surface area contributed by atoms with E-state index in [4.69, 9.17) is 24.1 Å². The van der Waals surface area contributed by atoms with Crippen LogP contribution in [0.4, 0.5) is 11.4 Å². The summed E-state index contributed by atoms with van der Waals surface area (Å²) in [5.74, 6) is -0.560. The summed E-state index contributed by atoms with van der Waals surface area (Å²) in [5, 5.41) is 11.1. The zero-order valence-corrected chi connectivity index (χ0v) is 26.6. The van der Waals surface area contributed by atoms with E-state index < -0.39 is 5.97 Å². The van der Waals surface area contributed by atoms with E-state index in [0.29, 0.717) is 58.3 Å². The molecule has 1 aliphatic heterocycles. The van der Waals surface area contributed by atoms with Gasteiger partial charge in [0.1, 0.15) is 6.54 Å². The lowest BCUT2D eigenvalue weighted by Gasteiger charge is -2.29. The van der Waals surface area contributed by atoms with E-state index in [1.165, 1.54) is 83.7 Å². The molecule has 3 aromatic rings. The number of nitrogens with zero attached hydrogens (tertiary/aromatic N) is 4. The van der Waals surface area contributed by atoms with Gasteiger partial charge in [-0.05, 0) is 25.3 Å². The molecule has 3 heterocycles. The van der Waals surface area contributed by atoms with Crippen molar-refractivity contribution in [3.05, 3.63) is 65.3 Å². The number of carbonyl (C=O) groups excluding carboxylic acids is 2. The smallest absolute Gasteiger partial charge is 0.325 e. The Bertz CT molecular complexity index is 1360. The van der Waals surface area contributed by atoms with Crippen LogP contribution >= 0.6 is 0 Å². The first-order valence-corrected chi connectivity index (χ1v) is 15.6. The van der Waals surface area contributed by atoms with Gasteiger partial charge in [-0.25, -0.2) is 0 Å². The van der Waals surface area contributed by atoms with Gasteiger partial charge < -0.3 is 43.2 Å². The number of hydrogen-bond donors (Lipinski definition) is 1. The lowest BCUT2D eigenvalue weighted by atomic mass is 10.1. The summed E-state index contributed by atoms with van der Waals surface area (Å²) in [6.07, 6.45) is 9.99. The summed E-state index contributed by atoms with van der Waals surface area (Å²) in [4.78, 5) is 42.7. The number of esters is 1. The minimum atomic E-state index is -0.560. The predicted octanol–water partition coefficient (Wildman–Crippen LogP) is 2.27. The molecule has 0 atom stereocenters. The second kappa shape index (κ2) is 21.8. The number of aromatic nitrogens is 2. The number of fused-ring (bicyclic) bond motifs is 1. The number of rotatable bonds is 19. The van der Waals surface area contributed by atoms with Gasteiger partial charge in [-0.3, -0.25) is 19.4 Å². The fraction of sp³-hybridized carbons (Fsp3) is 0.515. The molecule has 0 spiro atoms. The Labute approximate surface area is 269 Å². The molecular weight excluding hydrogens is 596 g/mol. The van der Waals surface area contributed by atoms with Crippen LogP contribution in [-0.2, 0) is 39.8 Å². The van der Waals surface area contributed by atoms with Gasteiger partial charge in [0.05, 0.1) is 84.1 Å². The largest absolute Gasteiger partial charge is 0.468 e. The third-order valence-electron chi connectivity index (χ3n) is 7.13. The first-order chi connectivity index (χ1) is 22.6. The molecule has 1 N–H and O–H groups in total. The molecule has 252 valence electrons. The van der Waals surface area contributed by atoms with Gasteiger partial charge in [0.15, 0.2) is 0 Å². The first-order valence-electron chi connectivity index (χ1n) is 15.6. The quantitative estimate of drug-likeness (QED) is 0.117. The van der Waals surface area contributed by atoms with Crippen molar-refractivity contribution in [1.82, 2.24) is 9.55 Å². The molecular formula is C33H46N4O9. The molecule has 13 nitrogen and oxygen atoms in total. The van der Waals surface area contributed by atoms with Crippen LogP contribution in [0.5, 0.6) is 0 Å². The van der Waals surface area contributed by atoms with Gasteiger partial charge in [0, 0.05) is 48.9 Å². The molecule has 1 aromatic carbocycles. The number of carbonyl (C=O) groups is 2. The lowest BCUT2D eigenvalue weighted by molar-refractivity contribution is -0.141. The molecule has 4 rings (SSSR count). The topological polar surface area (TPSA) is 142 Å². The van der Waals surface area contributed by atoms with Gasteiger partial charge in [-0.2, -0.15) is 0 Å². The van der Waals surface area contributed by atoms with Gasteiger partial charge in [0.2, 0.25) is 6.41 Å². The van der Waals surface area contributed by atoms with Gasteiger partial charge >= 0.3 is 5.97 Å². The Morgan fingerprint density at radius 1 is 0.891 bits per heavy atom. The number of aliphatic hydroxyl groups excluding tert-OH is 1. The third kappa shape index (κ3) is 12.9. The summed E-state index contributed by atoms with van der Waals surface area (Å²) in [6.45, 7) is 5.43. The molecule has 0 bridgehead atoms. The highest BCUT2D eigenvalue weighted by Gasteiger charge is 2.13. The fourth-order valence-electron chi connectivity index (χ4n) is 4.74. The number of aliphatic hydroxyl groups is 1. The average Bonchev–Trinajstić information content (AvgIpc) is 3.10. The molecule has 0 saturated carbocycles. The molecule has 1 amide bonds. The van der Waals surface area contributed by atoms with Crippen molar-refractivity contribution < 1.29 is 38.4 Å². The highest BCUT2D eigenvalue weighted by Crippen LogP contribution is 2.27. The Hall–Kier alpha value is -3.88. The lowest BCUT2D eigenvalue weighted by Crippen LogP contribution is -2.29. The van der Waals surface area contributed by atoms with E-state index in [1.807, 2.05) is 12.4 Å². The molecule has 13 heteroatoms. The van der Waals surface area contributed by atoms with E-state index >= 15 is 0 Å². The van der Waals surface area contributed by atoms with Gasteiger partial charge in [-0.1, -0.05) is 24.3 Å². The Morgan fingerprint density at radius 3 is 2.20 bits per heavy atom. The number of anilines is 2. The van der Waals surface area contributed by atoms with Crippen molar-refractivity contribution in [2.24, 2.45) is 0 Å². The maximum atomic E-state index is 11.8. The second-order valence-electron chi connectivity index (χ2n) is 10.3. The molecule has 46 heavy (non-hydrogen) atoms. The van der Waals surface area contributed by atoms with Crippen LogP contribution in [0.2, 0.25) is 0 Å². The van der Waals surface area contributed by atoms with E-state index in [0.717, 1.165) is 0 Å². The van der Waals surface area contributed by atoms with Crippen LogP contribution in [-0.4, -0.2) is 113 Å². The molecule has 1 fully saturated rings. The number of hydrogen-bond acceptors (Lipinski definition) is 11. The van der Waals surface area contributed by atoms with Gasteiger partial charge in [0.25, 0.3) is 5.56 Å². The zero-order chi connectivity index (χ0) is 32.8. The highest BCUT2D eigenvalue weighted by atomic mass is 16.6. The molecule has 0 unspecified atom stereocenters. The van der Waals surface area contributed by atoms with Crippen molar-refractivity contribution in [3.8, 4) is 0 Å². The Kier molecular flexibility index (Phi) is 17.3. The van der Waals surface area contributed by atoms with E-state index in [-0.39, 0.29) is 31.9 Å². The van der Waals surface area contributed by atoms with Crippen LogP contribution in [0.1, 0.15) is 19.3 Å². The van der Waals surface area contributed by atoms with E-state index in [9.17, 15) is 14.4 Å². The summed E-state index contributed by atoms with van der Waals surface area (Å²) < 4.78 is 26.9. The van der Waals surface area contributed by atoms with Crippen LogP contribution < -0.4 is 15.4 Å². The van der Waals surface area contributed by atoms with Crippen LogP contribution in [0, 0.1) is 0 Å². The van der Waals surface area contributed by atoms with Crippen LogP contribution in [0.15, 0.2) is 59.8 Å². The SMILES string of the molecule is COC(=O)Cn1cc(N(C=O)CCOCCOCCOCCOCCO)ccc1=O.c1ccc2c(N3CCCCC3)cncc2c1. The molecule has 0 radical (unpaired) electrons. The summed E-state index contributed by atoms with van der Waals surface area (Å²) >= 11 is 0. The minimum Gasteiger partial charge on any atom is -0.468 e. The second-order valence-corrected chi connectivity index (χ2v) is 10.3. The van der Waals surface area contributed by atoms with E-state index in [1.54, 1.807) is 0 Å². The maximum Gasteiger partial charge on any atom is 0.325 e. The number of methoxy groups -OCH3 is 1. The van der Waals surface area contributed by atoms with Gasteiger partial charge in [-0.15, -0.1) is 0 Å². The number of pyridine rings is 2. The van der Waals surface area contributed by atoms with Crippen LogP contribution in [0.3, 0.4) is 0 Å². The molecule has 0 aliphatic carbocycles. The van der Waals surface area contributed by atoms with Crippen molar-refractivity contribution in [2.75, 3.05) is 96.0 Å². The van der Waals surface area contributed by atoms with Crippen molar-refractivity contribution in [2.45, 2.75) is 25.8 Å². The molecule has 2 aromatic heterocycles. The van der Waals surface area contributed by atoms with Crippen molar-refractivity contribution in [1.29, 1.82) is 0 Å². The standard InChI is InChI=1S/C19H30N2O9.C14H16N2/c1-26-19(25)15-21-14-17(2-3-18(21)24)20(16-23)4-6-27-8-10-29-12-13-30-11-9-28-7-5-22;1-4-8-16(9-5-1)14-11-15-10-12-6-2-3-7-13(12)14/h2-3,14,16,22H,4-13,15H2,1H3;2-3,6-7,10-11H,1,4-5,8-9H2. The predicted molar refractivity (Wildman–Crippen MR) is 174 cm³/mol. The number of amides is 1. The summed E-state index contributed by atoms with van der Waals surface area (Å²) in [6, 6.07) is 11.3. The monoisotopic (exact) mass is 642 g/mol. The van der Waals surface area contributed by atoms with Crippen molar-refractivity contribution in [3.63, 3.8) is 0 Å². The number of benzene rings is 1. The average molecular weight is 643 g/mol. The minimum absolute atomic E-state index is 0.00443. The fourth-order valence-corrected chi connectivity index (χ4v) is 4.74. The van der Waals surface area contributed by atoms with E-state index in [2.05, 4.69) is 38.9 Å². The maximum absolute atomic E-state index is 11.8. The summed E-state index contributed by atoms with van der Waals surface area (Å²) in [7, 11) is 1.24. The highest BCUT2D eigenvalue weighted by molar-refractivity contribution is 5.93. The summed E-state index contributed by atoms with van der Waals surface area (Å²) in [5.41, 5.74) is 1.40. The number of ether oxygens (including phenoxy) is 5. The Morgan fingerprint density at radius 2 is 1.54 bits per heavy atom. The third-order valence-corrected chi connectivity index (χ3v) is 7.13. The normalized spacial score (nSPS) is 12.8. The molecule has 1 aliphatic rings. The molecule has 1 saturated heterocycles. The first kappa shape index (κ1) is 36.6. The van der Waals surface area contributed by atoms with Crippen LogP contribution in [0.25, 0.3) is 10.8 Å².